The number of nitrogens with two attached hydrogens (primary N) is 1. The van der Waals surface area contributed by atoms with E-state index in [1.807, 2.05) is 6.07 Å². The average Bonchev–Trinajstić information content (AvgIpc) is 2.48. The minimum Gasteiger partial charge on any atom is -0.377 e. The molecule has 6 nitrogen and oxygen atoms in total. The average molecular weight is 279 g/mol. The zero-order valence-corrected chi connectivity index (χ0v) is 12.4. The molecule has 1 heterocycles. The molecule has 0 radical (unpaired) electrons. The summed E-state index contributed by atoms with van der Waals surface area (Å²) in [6.07, 6.45) is 6.64. The van der Waals surface area contributed by atoms with Gasteiger partial charge in [-0.05, 0) is 25.7 Å². The molecule has 0 aromatic carbocycles. The van der Waals surface area contributed by atoms with Crippen molar-refractivity contribution >= 4 is 11.6 Å². The van der Waals surface area contributed by atoms with Crippen molar-refractivity contribution in [1.29, 1.82) is 0 Å². The van der Waals surface area contributed by atoms with Crippen LogP contribution in [-0.2, 0) is 11.3 Å². The molecular weight excluding hydrogens is 254 g/mol. The highest BCUT2D eigenvalue weighted by atomic mass is 16.5. The Labute approximate surface area is 120 Å². The number of anilines is 2. The lowest BCUT2D eigenvalue weighted by molar-refractivity contribution is 0.178. The zero-order valence-electron chi connectivity index (χ0n) is 12.4. The number of aromatic nitrogens is 2. The fraction of sp³-hybridized carbons (Fsp3) is 0.714. The standard InChI is InChI=1S/C14H25N5O/c1-10(11-6-4-3-5-7-11)16-12-8-13(19-15)18-14(17-12)9-20-2/h8,10-11H,3-7,9,15H2,1-2H3,(H2,16,17,18,19). The van der Waals surface area contributed by atoms with Crippen LogP contribution in [0.15, 0.2) is 6.07 Å². The lowest BCUT2D eigenvalue weighted by atomic mass is 9.84. The largest absolute Gasteiger partial charge is 0.377 e. The van der Waals surface area contributed by atoms with E-state index in [1.165, 1.54) is 32.1 Å². The van der Waals surface area contributed by atoms with Gasteiger partial charge in [-0.1, -0.05) is 19.3 Å². The Kier molecular flexibility index (Phi) is 5.55. The first-order chi connectivity index (χ1) is 9.72. The van der Waals surface area contributed by atoms with Crippen LogP contribution in [0.1, 0.15) is 44.9 Å². The Morgan fingerprint density at radius 1 is 1.30 bits per heavy atom. The molecule has 0 bridgehead atoms. The number of ether oxygens (including phenoxy) is 1. The molecule has 6 heteroatoms. The van der Waals surface area contributed by atoms with Gasteiger partial charge in [0.05, 0.1) is 0 Å². The summed E-state index contributed by atoms with van der Waals surface area (Å²) < 4.78 is 5.08. The number of methoxy groups -OCH3 is 1. The molecule has 0 amide bonds. The van der Waals surface area contributed by atoms with Gasteiger partial charge in [0.1, 0.15) is 18.2 Å². The summed E-state index contributed by atoms with van der Waals surface area (Å²) >= 11 is 0. The Hall–Kier alpha value is -1.40. The van der Waals surface area contributed by atoms with E-state index < -0.39 is 0 Å². The first kappa shape index (κ1) is 15.0. The lowest BCUT2D eigenvalue weighted by Gasteiger charge is -2.28. The van der Waals surface area contributed by atoms with Gasteiger partial charge < -0.3 is 15.5 Å². The third-order valence-electron chi connectivity index (χ3n) is 3.93. The van der Waals surface area contributed by atoms with Gasteiger partial charge in [0, 0.05) is 19.2 Å². The van der Waals surface area contributed by atoms with E-state index in [9.17, 15) is 0 Å². The summed E-state index contributed by atoms with van der Waals surface area (Å²) in [5.74, 6) is 8.20. The highest BCUT2D eigenvalue weighted by molar-refractivity contribution is 5.47. The lowest BCUT2D eigenvalue weighted by Crippen LogP contribution is -2.28. The minimum atomic E-state index is 0.377. The molecule has 20 heavy (non-hydrogen) atoms. The van der Waals surface area contributed by atoms with Crippen LogP contribution in [0.5, 0.6) is 0 Å². The molecule has 1 unspecified atom stereocenters. The normalized spacial score (nSPS) is 17.8. The number of hydrazine groups is 1. The maximum absolute atomic E-state index is 5.45. The molecule has 1 aliphatic rings. The van der Waals surface area contributed by atoms with Gasteiger partial charge in [0.25, 0.3) is 0 Å². The van der Waals surface area contributed by atoms with Crippen LogP contribution in [0.25, 0.3) is 0 Å². The van der Waals surface area contributed by atoms with Gasteiger partial charge in [0.15, 0.2) is 5.82 Å². The van der Waals surface area contributed by atoms with Crippen molar-refractivity contribution in [3.05, 3.63) is 11.9 Å². The monoisotopic (exact) mass is 279 g/mol. The van der Waals surface area contributed by atoms with Gasteiger partial charge >= 0.3 is 0 Å². The topological polar surface area (TPSA) is 85.1 Å². The number of hydrogen-bond donors (Lipinski definition) is 3. The summed E-state index contributed by atoms with van der Waals surface area (Å²) in [6.45, 7) is 2.60. The van der Waals surface area contributed by atoms with E-state index >= 15 is 0 Å². The van der Waals surface area contributed by atoms with Crippen LogP contribution >= 0.6 is 0 Å². The van der Waals surface area contributed by atoms with E-state index in [1.54, 1.807) is 7.11 Å². The maximum Gasteiger partial charge on any atom is 0.158 e. The predicted molar refractivity (Wildman–Crippen MR) is 80.2 cm³/mol. The quantitative estimate of drug-likeness (QED) is 0.547. The summed E-state index contributed by atoms with van der Waals surface area (Å²) in [7, 11) is 1.63. The van der Waals surface area contributed by atoms with Crippen molar-refractivity contribution in [3.8, 4) is 0 Å². The molecule has 0 spiro atoms. The summed E-state index contributed by atoms with van der Waals surface area (Å²) in [6, 6.07) is 2.24. The van der Waals surface area contributed by atoms with Crippen molar-refractivity contribution in [3.63, 3.8) is 0 Å². The van der Waals surface area contributed by atoms with E-state index in [0.717, 1.165) is 11.7 Å². The summed E-state index contributed by atoms with van der Waals surface area (Å²) in [5, 5.41) is 3.48. The number of hydrogen-bond acceptors (Lipinski definition) is 6. The molecular formula is C14H25N5O. The fourth-order valence-corrected chi connectivity index (χ4v) is 2.82. The van der Waals surface area contributed by atoms with Gasteiger partial charge in [0.2, 0.25) is 0 Å². The van der Waals surface area contributed by atoms with E-state index in [-0.39, 0.29) is 0 Å². The molecule has 0 saturated heterocycles. The Morgan fingerprint density at radius 2 is 2.00 bits per heavy atom. The van der Waals surface area contributed by atoms with Gasteiger partial charge in [-0.2, -0.15) is 0 Å². The number of nitrogens with one attached hydrogen (secondary N) is 2. The maximum atomic E-state index is 5.45. The molecule has 2 rings (SSSR count). The van der Waals surface area contributed by atoms with Gasteiger partial charge in [-0.25, -0.2) is 15.8 Å². The predicted octanol–water partition coefficient (Wildman–Crippen LogP) is 2.29. The van der Waals surface area contributed by atoms with E-state index in [2.05, 4.69) is 27.6 Å². The molecule has 1 saturated carbocycles. The highest BCUT2D eigenvalue weighted by Crippen LogP contribution is 2.28. The Bertz CT molecular complexity index is 420. The van der Waals surface area contributed by atoms with Crippen molar-refractivity contribution in [2.45, 2.75) is 51.7 Å². The van der Waals surface area contributed by atoms with Crippen molar-refractivity contribution in [2.24, 2.45) is 11.8 Å². The Balaban J connectivity index is 2.04. The van der Waals surface area contributed by atoms with Crippen molar-refractivity contribution in [1.82, 2.24) is 9.97 Å². The van der Waals surface area contributed by atoms with Gasteiger partial charge in [-0.15, -0.1) is 0 Å². The van der Waals surface area contributed by atoms with Crippen LogP contribution in [-0.4, -0.2) is 23.1 Å². The fourth-order valence-electron chi connectivity index (χ4n) is 2.82. The molecule has 1 fully saturated rings. The molecule has 4 N–H and O–H groups in total. The molecule has 1 aliphatic carbocycles. The van der Waals surface area contributed by atoms with Crippen LogP contribution in [0.2, 0.25) is 0 Å². The molecule has 1 aromatic rings. The highest BCUT2D eigenvalue weighted by Gasteiger charge is 2.20. The van der Waals surface area contributed by atoms with Gasteiger partial charge in [-0.3, -0.25) is 0 Å². The molecule has 112 valence electrons. The summed E-state index contributed by atoms with van der Waals surface area (Å²) in [5.41, 5.74) is 2.57. The van der Waals surface area contributed by atoms with Crippen molar-refractivity contribution < 1.29 is 4.74 Å². The van der Waals surface area contributed by atoms with E-state index in [0.29, 0.717) is 24.3 Å². The third-order valence-corrected chi connectivity index (χ3v) is 3.93. The second-order valence-corrected chi connectivity index (χ2v) is 5.46. The third kappa shape index (κ3) is 4.05. The first-order valence-corrected chi connectivity index (χ1v) is 7.33. The second kappa shape index (κ2) is 7.40. The van der Waals surface area contributed by atoms with Crippen LogP contribution in [0.4, 0.5) is 11.6 Å². The summed E-state index contributed by atoms with van der Waals surface area (Å²) in [4.78, 5) is 8.71. The second-order valence-electron chi connectivity index (χ2n) is 5.46. The zero-order chi connectivity index (χ0) is 14.4. The first-order valence-electron chi connectivity index (χ1n) is 7.33. The number of rotatable bonds is 6. The number of nitrogens with zero attached hydrogens (tertiary/aromatic N) is 2. The van der Waals surface area contributed by atoms with Crippen LogP contribution < -0.4 is 16.6 Å². The smallest absolute Gasteiger partial charge is 0.158 e. The molecule has 1 aromatic heterocycles. The SMILES string of the molecule is COCc1nc(NN)cc(NC(C)C2CCCCC2)n1. The van der Waals surface area contributed by atoms with Crippen LogP contribution in [0, 0.1) is 5.92 Å². The minimum absolute atomic E-state index is 0.377. The van der Waals surface area contributed by atoms with Crippen LogP contribution in [0.3, 0.4) is 0 Å². The molecule has 0 aliphatic heterocycles. The molecule has 1 atom stereocenters. The number of nitrogen functional groups attached to an aromatic ring is 1. The Morgan fingerprint density at radius 3 is 2.65 bits per heavy atom. The van der Waals surface area contributed by atoms with Crippen molar-refractivity contribution in [2.75, 3.05) is 17.9 Å². The van der Waals surface area contributed by atoms with E-state index in [4.69, 9.17) is 10.6 Å².